The zero-order chi connectivity index (χ0) is 18.3. The standard InChI is InChI=1S/C18H22FN5OS/c1-3-22-8-10-23(11-9-22)15(13-6-4-5-7-14(13)19)16-17(25)24-18(26-16)20-12(2)21-24/h4-7,15,25H,3,8-11H2,1-2H3/p+2/t15-/m1/s1. The molecular formula is C18H24FN5OS+2. The number of quaternary nitrogens is 2. The van der Waals surface area contributed by atoms with Crippen molar-refractivity contribution in [1.29, 1.82) is 0 Å². The third-order valence-corrected chi connectivity index (χ3v) is 6.38. The molecule has 8 heteroatoms. The number of hydrogen-bond donors (Lipinski definition) is 3. The van der Waals surface area contributed by atoms with E-state index in [2.05, 4.69) is 17.0 Å². The first kappa shape index (κ1) is 17.4. The van der Waals surface area contributed by atoms with Crippen LogP contribution in [0.25, 0.3) is 4.96 Å². The molecule has 0 bridgehead atoms. The Morgan fingerprint density at radius 3 is 2.65 bits per heavy atom. The Bertz CT molecular complexity index is 916. The number of piperazine rings is 1. The van der Waals surface area contributed by atoms with E-state index in [1.54, 1.807) is 17.9 Å². The summed E-state index contributed by atoms with van der Waals surface area (Å²) in [4.78, 5) is 8.60. The molecule has 2 aromatic heterocycles. The van der Waals surface area contributed by atoms with E-state index in [1.807, 2.05) is 12.1 Å². The van der Waals surface area contributed by atoms with Crippen LogP contribution in [0.5, 0.6) is 5.88 Å². The molecule has 6 nitrogen and oxygen atoms in total. The van der Waals surface area contributed by atoms with Gasteiger partial charge in [0, 0.05) is 0 Å². The maximum atomic E-state index is 14.7. The summed E-state index contributed by atoms with van der Waals surface area (Å²) in [7, 11) is 0. The van der Waals surface area contributed by atoms with Gasteiger partial charge in [-0.05, 0) is 26.0 Å². The Morgan fingerprint density at radius 1 is 1.27 bits per heavy atom. The monoisotopic (exact) mass is 377 g/mol. The predicted octanol–water partition coefficient (Wildman–Crippen LogP) is -0.163. The first-order valence-electron chi connectivity index (χ1n) is 9.06. The van der Waals surface area contributed by atoms with Crippen LogP contribution in [0.1, 0.15) is 29.2 Å². The van der Waals surface area contributed by atoms with E-state index in [4.69, 9.17) is 0 Å². The van der Waals surface area contributed by atoms with Gasteiger partial charge in [-0.2, -0.15) is 4.52 Å². The van der Waals surface area contributed by atoms with Gasteiger partial charge < -0.3 is 14.9 Å². The summed E-state index contributed by atoms with van der Waals surface area (Å²) in [6, 6.07) is 6.64. The molecule has 0 radical (unpaired) electrons. The van der Waals surface area contributed by atoms with E-state index in [0.717, 1.165) is 37.6 Å². The molecular weight excluding hydrogens is 353 g/mol. The lowest BCUT2D eigenvalue weighted by Gasteiger charge is -2.34. The zero-order valence-electron chi connectivity index (χ0n) is 15.0. The summed E-state index contributed by atoms with van der Waals surface area (Å²) in [5, 5.41) is 15.0. The first-order chi connectivity index (χ1) is 12.6. The molecule has 138 valence electrons. The van der Waals surface area contributed by atoms with Crippen molar-refractivity contribution in [2.24, 2.45) is 0 Å². The van der Waals surface area contributed by atoms with Crippen molar-refractivity contribution in [2.45, 2.75) is 19.9 Å². The zero-order valence-corrected chi connectivity index (χ0v) is 15.8. The van der Waals surface area contributed by atoms with Crippen molar-refractivity contribution >= 4 is 16.3 Å². The van der Waals surface area contributed by atoms with Gasteiger partial charge >= 0.3 is 0 Å². The Hall–Kier alpha value is -2.03. The molecule has 1 aliphatic rings. The lowest BCUT2D eigenvalue weighted by Crippen LogP contribution is -3.28. The van der Waals surface area contributed by atoms with E-state index in [0.29, 0.717) is 16.3 Å². The fourth-order valence-electron chi connectivity index (χ4n) is 3.86. The highest BCUT2D eigenvalue weighted by Crippen LogP contribution is 2.35. The number of thiazole rings is 1. The molecule has 1 aliphatic heterocycles. The van der Waals surface area contributed by atoms with Crippen LogP contribution in [0.4, 0.5) is 4.39 Å². The van der Waals surface area contributed by atoms with Crippen molar-refractivity contribution in [3.8, 4) is 5.88 Å². The van der Waals surface area contributed by atoms with E-state index in [-0.39, 0.29) is 17.7 Å². The molecule has 26 heavy (non-hydrogen) atoms. The van der Waals surface area contributed by atoms with Gasteiger partial charge in [-0.15, -0.1) is 5.10 Å². The van der Waals surface area contributed by atoms with Crippen molar-refractivity contribution in [1.82, 2.24) is 14.6 Å². The molecule has 1 aromatic carbocycles. The van der Waals surface area contributed by atoms with E-state index < -0.39 is 0 Å². The minimum Gasteiger partial charge on any atom is -0.492 e. The van der Waals surface area contributed by atoms with Gasteiger partial charge in [0.15, 0.2) is 6.04 Å². The summed E-state index contributed by atoms with van der Waals surface area (Å²) in [5.74, 6) is 0.467. The number of nitrogens with zero attached hydrogens (tertiary/aromatic N) is 3. The number of aryl methyl sites for hydroxylation is 1. The second-order valence-corrected chi connectivity index (χ2v) is 7.87. The normalized spacial score (nSPS) is 22.0. The molecule has 0 amide bonds. The minimum atomic E-state index is -0.247. The number of likely N-dealkylation sites (N-methyl/N-ethyl adjacent to an activating group) is 1. The van der Waals surface area contributed by atoms with E-state index >= 15 is 0 Å². The van der Waals surface area contributed by atoms with Crippen LogP contribution in [0, 0.1) is 12.7 Å². The number of fused-ring (bicyclic) bond motifs is 1. The summed E-state index contributed by atoms with van der Waals surface area (Å²) >= 11 is 1.40. The predicted molar refractivity (Wildman–Crippen MR) is 97.4 cm³/mol. The van der Waals surface area contributed by atoms with Crippen LogP contribution in [-0.4, -0.2) is 52.4 Å². The lowest BCUT2D eigenvalue weighted by molar-refractivity contribution is -1.02. The summed E-state index contributed by atoms with van der Waals surface area (Å²) < 4.78 is 16.1. The number of aromatic nitrogens is 3. The second-order valence-electron chi connectivity index (χ2n) is 6.86. The molecule has 1 fully saturated rings. The highest BCUT2D eigenvalue weighted by atomic mass is 32.1. The fraction of sp³-hybridized carbons (Fsp3) is 0.444. The van der Waals surface area contributed by atoms with Gasteiger partial charge in [0.25, 0.3) is 0 Å². The number of benzene rings is 1. The maximum Gasteiger partial charge on any atom is 0.235 e. The summed E-state index contributed by atoms with van der Waals surface area (Å²) in [6.45, 7) is 9.09. The molecule has 1 saturated heterocycles. The molecule has 0 saturated carbocycles. The minimum absolute atomic E-state index is 0.0802. The number of halogens is 1. The third-order valence-electron chi connectivity index (χ3n) is 5.29. The van der Waals surface area contributed by atoms with Crippen LogP contribution in [0.3, 0.4) is 0 Å². The SMILES string of the molecule is CC[NH+]1CC[NH+]([C@H](c2ccccc2F)c2sc3nc(C)nn3c2O)CC1. The number of aromatic hydroxyl groups is 1. The molecule has 3 aromatic rings. The van der Waals surface area contributed by atoms with Gasteiger partial charge in [-0.1, -0.05) is 23.5 Å². The molecule has 0 unspecified atom stereocenters. The molecule has 3 heterocycles. The van der Waals surface area contributed by atoms with Crippen LogP contribution >= 0.6 is 11.3 Å². The summed E-state index contributed by atoms with van der Waals surface area (Å²) in [6.07, 6.45) is 0. The van der Waals surface area contributed by atoms with Crippen molar-refractivity contribution in [2.75, 3.05) is 32.7 Å². The highest BCUT2D eigenvalue weighted by Gasteiger charge is 2.37. The Kier molecular flexibility index (Phi) is 4.64. The molecule has 0 aliphatic carbocycles. The largest absolute Gasteiger partial charge is 0.492 e. The van der Waals surface area contributed by atoms with E-state index in [1.165, 1.54) is 26.8 Å². The van der Waals surface area contributed by atoms with E-state index in [9.17, 15) is 9.50 Å². The fourth-order valence-corrected chi connectivity index (χ4v) is 5.04. The van der Waals surface area contributed by atoms with Gasteiger partial charge in [-0.3, -0.25) is 0 Å². The maximum absolute atomic E-state index is 14.7. The number of rotatable bonds is 4. The van der Waals surface area contributed by atoms with Crippen molar-refractivity contribution in [3.05, 3.63) is 46.3 Å². The Labute approximate surface area is 155 Å². The van der Waals surface area contributed by atoms with Crippen LogP contribution in [0.15, 0.2) is 24.3 Å². The Morgan fingerprint density at radius 2 is 2.00 bits per heavy atom. The lowest BCUT2D eigenvalue weighted by atomic mass is 10.0. The number of hydrogen-bond acceptors (Lipinski definition) is 4. The quantitative estimate of drug-likeness (QED) is 0.592. The molecule has 4 rings (SSSR count). The van der Waals surface area contributed by atoms with Gasteiger partial charge in [0.1, 0.15) is 42.7 Å². The summed E-state index contributed by atoms with van der Waals surface area (Å²) in [5.41, 5.74) is 0.624. The van der Waals surface area contributed by atoms with Gasteiger partial charge in [0.05, 0.1) is 12.1 Å². The smallest absolute Gasteiger partial charge is 0.235 e. The van der Waals surface area contributed by atoms with Crippen LogP contribution < -0.4 is 9.80 Å². The highest BCUT2D eigenvalue weighted by molar-refractivity contribution is 7.17. The topological polar surface area (TPSA) is 59.3 Å². The molecule has 1 atom stereocenters. The van der Waals surface area contributed by atoms with Crippen LogP contribution in [0.2, 0.25) is 0 Å². The van der Waals surface area contributed by atoms with Gasteiger partial charge in [-0.25, -0.2) is 9.37 Å². The average molecular weight is 377 g/mol. The van der Waals surface area contributed by atoms with Crippen LogP contribution in [-0.2, 0) is 0 Å². The average Bonchev–Trinajstić information content (AvgIpc) is 3.15. The van der Waals surface area contributed by atoms with Gasteiger partial charge in [0.2, 0.25) is 10.8 Å². The molecule has 3 N–H and O–H groups in total. The first-order valence-corrected chi connectivity index (χ1v) is 9.87. The second kappa shape index (κ2) is 6.94. The number of nitrogens with one attached hydrogen (secondary N) is 2. The third kappa shape index (κ3) is 2.98. The Balaban J connectivity index is 1.78. The molecule has 0 spiro atoms. The van der Waals surface area contributed by atoms with Crippen molar-refractivity contribution < 1.29 is 19.3 Å². The van der Waals surface area contributed by atoms with Crippen molar-refractivity contribution in [3.63, 3.8) is 0 Å².